The lowest BCUT2D eigenvalue weighted by Gasteiger charge is -2.22. The van der Waals surface area contributed by atoms with Gasteiger partial charge in [-0.25, -0.2) is 0 Å². The fourth-order valence-electron chi connectivity index (χ4n) is 1.88. The van der Waals surface area contributed by atoms with Crippen molar-refractivity contribution in [1.82, 2.24) is 0 Å². The van der Waals surface area contributed by atoms with Crippen molar-refractivity contribution in [1.29, 1.82) is 0 Å². The quantitative estimate of drug-likeness (QED) is 0.626. The van der Waals surface area contributed by atoms with Crippen LogP contribution < -0.4 is 0 Å². The van der Waals surface area contributed by atoms with Crippen molar-refractivity contribution >= 4 is 0 Å². The van der Waals surface area contributed by atoms with E-state index in [1.165, 1.54) is 6.42 Å². The average Bonchev–Trinajstić information content (AvgIpc) is 2.05. The molecule has 0 bridgehead atoms. The molecule has 0 aromatic rings. The minimum atomic E-state index is -0.473. The van der Waals surface area contributed by atoms with Gasteiger partial charge >= 0.3 is 0 Å². The van der Waals surface area contributed by atoms with Crippen LogP contribution in [0.5, 0.6) is 0 Å². The van der Waals surface area contributed by atoms with E-state index in [2.05, 4.69) is 13.8 Å². The molecule has 1 fully saturated rings. The Bertz CT molecular complexity index is 134. The number of rotatable bonds is 2. The summed E-state index contributed by atoms with van der Waals surface area (Å²) in [5.41, 5.74) is -0.0300. The summed E-state index contributed by atoms with van der Waals surface area (Å²) in [6, 6.07) is 0. The zero-order valence-corrected chi connectivity index (χ0v) is 7.44. The van der Waals surface area contributed by atoms with Crippen LogP contribution in [-0.2, 0) is 0 Å². The molecule has 0 radical (unpaired) electrons. The summed E-state index contributed by atoms with van der Waals surface area (Å²) >= 11 is 0. The van der Waals surface area contributed by atoms with Crippen molar-refractivity contribution in [3.63, 3.8) is 0 Å². The van der Waals surface area contributed by atoms with Crippen molar-refractivity contribution in [3.8, 4) is 0 Å². The Kier molecular flexibility index (Phi) is 1.59. The second-order valence-electron chi connectivity index (χ2n) is 4.75. The molecule has 0 amide bonds. The number of hydrogen-bond donors (Lipinski definition) is 1. The first kappa shape index (κ1) is 8.06. The first-order valence-electron chi connectivity index (χ1n) is 4.06. The van der Waals surface area contributed by atoms with Crippen LogP contribution in [0, 0.1) is 11.3 Å². The summed E-state index contributed by atoms with van der Waals surface area (Å²) in [5, 5.41) is 9.51. The van der Waals surface area contributed by atoms with E-state index in [0.717, 1.165) is 12.3 Å². The molecular weight excluding hydrogens is 124 g/mol. The van der Waals surface area contributed by atoms with Crippen molar-refractivity contribution < 1.29 is 5.11 Å². The van der Waals surface area contributed by atoms with Crippen molar-refractivity contribution in [2.75, 3.05) is 0 Å². The third-order valence-corrected chi connectivity index (χ3v) is 2.64. The molecule has 0 aliphatic heterocycles. The van der Waals surface area contributed by atoms with E-state index in [1.807, 2.05) is 13.8 Å². The van der Waals surface area contributed by atoms with Crippen LogP contribution in [0.1, 0.15) is 40.5 Å². The molecule has 0 saturated heterocycles. The van der Waals surface area contributed by atoms with Crippen LogP contribution in [0.2, 0.25) is 0 Å². The third kappa shape index (κ3) is 1.72. The zero-order chi connectivity index (χ0) is 7.99. The summed E-state index contributed by atoms with van der Waals surface area (Å²) < 4.78 is 0. The van der Waals surface area contributed by atoms with Gasteiger partial charge in [0, 0.05) is 0 Å². The van der Waals surface area contributed by atoms with Gasteiger partial charge in [-0.05, 0) is 38.0 Å². The van der Waals surface area contributed by atoms with Gasteiger partial charge in [0.25, 0.3) is 0 Å². The van der Waals surface area contributed by atoms with Crippen LogP contribution >= 0.6 is 0 Å². The Morgan fingerprint density at radius 3 is 2.10 bits per heavy atom. The molecule has 0 spiro atoms. The largest absolute Gasteiger partial charge is 0.390 e. The van der Waals surface area contributed by atoms with E-state index in [-0.39, 0.29) is 0 Å². The van der Waals surface area contributed by atoms with Gasteiger partial charge in [0.15, 0.2) is 0 Å². The van der Waals surface area contributed by atoms with E-state index in [1.54, 1.807) is 0 Å². The monoisotopic (exact) mass is 142 g/mol. The summed E-state index contributed by atoms with van der Waals surface area (Å²) in [4.78, 5) is 0. The summed E-state index contributed by atoms with van der Waals surface area (Å²) in [7, 11) is 0. The highest BCUT2D eigenvalue weighted by Gasteiger charge is 2.48. The minimum Gasteiger partial charge on any atom is -0.390 e. The average molecular weight is 142 g/mol. The first-order valence-corrected chi connectivity index (χ1v) is 4.06. The fourth-order valence-corrected chi connectivity index (χ4v) is 1.88. The molecule has 1 aliphatic carbocycles. The van der Waals surface area contributed by atoms with E-state index < -0.39 is 5.60 Å². The normalized spacial score (nSPS) is 39.9. The highest BCUT2D eigenvalue weighted by atomic mass is 16.3. The topological polar surface area (TPSA) is 20.2 Å². The lowest BCUT2D eigenvalue weighted by Crippen LogP contribution is -2.23. The molecule has 1 nitrogen and oxygen atoms in total. The van der Waals surface area contributed by atoms with Gasteiger partial charge in [-0.15, -0.1) is 0 Å². The van der Waals surface area contributed by atoms with Crippen LogP contribution in [0.15, 0.2) is 0 Å². The molecule has 1 N–H and O–H groups in total. The molecule has 60 valence electrons. The van der Waals surface area contributed by atoms with Gasteiger partial charge in [-0.2, -0.15) is 0 Å². The summed E-state index contributed by atoms with van der Waals surface area (Å²) in [5.74, 6) is 0.818. The molecule has 10 heavy (non-hydrogen) atoms. The molecule has 0 aromatic heterocycles. The Labute approximate surface area is 63.4 Å². The zero-order valence-electron chi connectivity index (χ0n) is 7.44. The van der Waals surface area contributed by atoms with Gasteiger partial charge in [0.1, 0.15) is 0 Å². The Hall–Kier alpha value is -0.0400. The smallest absolute Gasteiger partial charge is 0.0597 e. The molecule has 1 rings (SSSR count). The van der Waals surface area contributed by atoms with Gasteiger partial charge in [-0.3, -0.25) is 0 Å². The van der Waals surface area contributed by atoms with Gasteiger partial charge in [0.05, 0.1) is 5.60 Å². The number of aliphatic hydroxyl groups is 1. The highest BCUT2D eigenvalue weighted by Crippen LogP contribution is 2.56. The molecule has 2 unspecified atom stereocenters. The molecule has 0 aromatic carbocycles. The van der Waals surface area contributed by atoms with E-state index in [4.69, 9.17) is 0 Å². The maximum Gasteiger partial charge on any atom is 0.0597 e. The molecule has 1 heteroatoms. The molecular formula is C9H18O. The maximum absolute atomic E-state index is 9.51. The Balaban J connectivity index is 2.41. The van der Waals surface area contributed by atoms with E-state index in [9.17, 15) is 5.11 Å². The predicted molar refractivity (Wildman–Crippen MR) is 42.8 cm³/mol. The predicted octanol–water partition coefficient (Wildman–Crippen LogP) is 2.19. The fraction of sp³-hybridized carbons (Fsp3) is 1.00. The standard InChI is InChI=1S/C9H18O/c1-7-5-9(7,4)6-8(2,3)10/h7,10H,5-6H2,1-4H3. The summed E-state index contributed by atoms with van der Waals surface area (Å²) in [6.07, 6.45) is 2.23. The second kappa shape index (κ2) is 1.97. The van der Waals surface area contributed by atoms with Crippen molar-refractivity contribution in [3.05, 3.63) is 0 Å². The lowest BCUT2D eigenvalue weighted by molar-refractivity contribution is 0.0482. The first-order chi connectivity index (χ1) is 4.33. The molecule has 2 atom stereocenters. The van der Waals surface area contributed by atoms with E-state index >= 15 is 0 Å². The molecule has 0 heterocycles. The number of hydrogen-bond acceptors (Lipinski definition) is 1. The van der Waals surface area contributed by atoms with Gasteiger partial charge in [-0.1, -0.05) is 13.8 Å². The summed E-state index contributed by atoms with van der Waals surface area (Å²) in [6.45, 7) is 8.30. The Morgan fingerprint density at radius 1 is 1.60 bits per heavy atom. The van der Waals surface area contributed by atoms with Gasteiger partial charge in [0.2, 0.25) is 0 Å². The Morgan fingerprint density at radius 2 is 2.00 bits per heavy atom. The van der Waals surface area contributed by atoms with Crippen molar-refractivity contribution in [2.24, 2.45) is 11.3 Å². The highest BCUT2D eigenvalue weighted by molar-refractivity contribution is 4.98. The SMILES string of the molecule is CC1CC1(C)CC(C)(C)O. The van der Waals surface area contributed by atoms with E-state index in [0.29, 0.717) is 5.41 Å². The van der Waals surface area contributed by atoms with Crippen LogP contribution in [-0.4, -0.2) is 10.7 Å². The molecule has 1 saturated carbocycles. The lowest BCUT2D eigenvalue weighted by atomic mass is 9.91. The maximum atomic E-state index is 9.51. The van der Waals surface area contributed by atoms with Crippen molar-refractivity contribution in [2.45, 2.75) is 46.1 Å². The van der Waals surface area contributed by atoms with Crippen LogP contribution in [0.3, 0.4) is 0 Å². The van der Waals surface area contributed by atoms with Crippen LogP contribution in [0.25, 0.3) is 0 Å². The van der Waals surface area contributed by atoms with Crippen LogP contribution in [0.4, 0.5) is 0 Å². The third-order valence-electron chi connectivity index (χ3n) is 2.64. The van der Waals surface area contributed by atoms with Gasteiger partial charge < -0.3 is 5.11 Å². The second-order valence-corrected chi connectivity index (χ2v) is 4.75. The molecule has 1 aliphatic rings. The minimum absolute atomic E-state index is 0.443.